The van der Waals surface area contributed by atoms with Gasteiger partial charge in [0, 0.05) is 16.8 Å². The summed E-state index contributed by atoms with van der Waals surface area (Å²) >= 11 is 0. The monoisotopic (exact) mass is 556 g/mol. The van der Waals surface area contributed by atoms with Crippen LogP contribution in [0, 0.1) is 0 Å². The standard InChI is InChI=1S/C38H28N4O/c43-38-32(30-23-13-14-24-31(30)41(38)25-26-15-5-1-6-16-26)33-34-36(28-19-9-3-10-20-28)40-42(29-21-11-4-12-22-29)37(34)39-35(33)27-17-7-2-8-18-27/h1-24,32,39H,25H2. The zero-order chi connectivity index (χ0) is 28.8. The van der Waals surface area contributed by atoms with Crippen molar-refractivity contribution in [3.63, 3.8) is 0 Å². The van der Waals surface area contributed by atoms with Gasteiger partial charge in [-0.2, -0.15) is 5.10 Å². The minimum absolute atomic E-state index is 0.0645. The van der Waals surface area contributed by atoms with Gasteiger partial charge >= 0.3 is 0 Å². The van der Waals surface area contributed by atoms with Gasteiger partial charge in [-0.25, -0.2) is 4.68 Å². The zero-order valence-electron chi connectivity index (χ0n) is 23.4. The molecule has 7 aromatic rings. The molecule has 0 radical (unpaired) electrons. The number of carbonyl (C=O) groups is 1. The third kappa shape index (κ3) is 4.17. The molecule has 0 bridgehead atoms. The number of anilines is 1. The highest BCUT2D eigenvalue weighted by molar-refractivity contribution is 6.12. The summed E-state index contributed by atoms with van der Waals surface area (Å²) in [5.74, 6) is -0.436. The predicted octanol–water partition coefficient (Wildman–Crippen LogP) is 8.37. The first-order valence-electron chi connectivity index (χ1n) is 14.5. The summed E-state index contributed by atoms with van der Waals surface area (Å²) in [6.07, 6.45) is 0. The number of fused-ring (bicyclic) bond motifs is 2. The van der Waals surface area contributed by atoms with Crippen molar-refractivity contribution in [3.8, 4) is 28.2 Å². The molecule has 0 aliphatic carbocycles. The van der Waals surface area contributed by atoms with Crippen LogP contribution in [0.2, 0.25) is 0 Å². The molecule has 0 saturated heterocycles. The number of nitrogens with one attached hydrogen (secondary N) is 1. The summed E-state index contributed by atoms with van der Waals surface area (Å²) in [5, 5.41) is 6.15. The molecule has 1 aliphatic heterocycles. The number of hydrogen-bond donors (Lipinski definition) is 1. The van der Waals surface area contributed by atoms with E-state index in [-0.39, 0.29) is 5.91 Å². The van der Waals surface area contributed by atoms with E-state index in [4.69, 9.17) is 5.10 Å². The second-order valence-corrected chi connectivity index (χ2v) is 10.9. The number of aromatic amines is 1. The lowest BCUT2D eigenvalue weighted by atomic mass is 9.88. The molecule has 0 spiro atoms. The number of aromatic nitrogens is 3. The number of amides is 1. The molecule has 0 saturated carbocycles. The number of carbonyl (C=O) groups excluding carboxylic acids is 1. The minimum atomic E-state index is -0.500. The van der Waals surface area contributed by atoms with Crippen molar-refractivity contribution < 1.29 is 4.79 Å². The normalized spacial score (nSPS) is 14.4. The summed E-state index contributed by atoms with van der Waals surface area (Å²) in [6.45, 7) is 0.510. The van der Waals surface area contributed by atoms with Crippen LogP contribution >= 0.6 is 0 Å². The van der Waals surface area contributed by atoms with Crippen LogP contribution in [0.25, 0.3) is 39.2 Å². The van der Waals surface area contributed by atoms with E-state index >= 15 is 0 Å². The predicted molar refractivity (Wildman–Crippen MR) is 172 cm³/mol. The van der Waals surface area contributed by atoms with Gasteiger partial charge in [-0.1, -0.05) is 127 Å². The average molecular weight is 557 g/mol. The van der Waals surface area contributed by atoms with E-state index in [1.165, 1.54) is 0 Å². The van der Waals surface area contributed by atoms with Gasteiger partial charge in [0.2, 0.25) is 5.91 Å². The molecule has 1 N–H and O–H groups in total. The first-order valence-corrected chi connectivity index (χ1v) is 14.5. The molecule has 3 heterocycles. The Morgan fingerprint density at radius 2 is 1.23 bits per heavy atom. The second kappa shape index (κ2) is 10.3. The molecule has 0 fully saturated rings. The van der Waals surface area contributed by atoms with E-state index in [2.05, 4.69) is 65.6 Å². The van der Waals surface area contributed by atoms with Gasteiger partial charge in [0.05, 0.1) is 29.2 Å². The van der Waals surface area contributed by atoms with Crippen LogP contribution in [0.4, 0.5) is 5.69 Å². The fourth-order valence-electron chi connectivity index (χ4n) is 6.37. The van der Waals surface area contributed by atoms with Crippen LogP contribution in [0.5, 0.6) is 0 Å². The van der Waals surface area contributed by atoms with E-state index < -0.39 is 5.92 Å². The zero-order valence-corrected chi connectivity index (χ0v) is 23.4. The van der Waals surface area contributed by atoms with Crippen molar-refractivity contribution in [2.75, 3.05) is 4.90 Å². The van der Waals surface area contributed by atoms with E-state index in [9.17, 15) is 4.79 Å². The number of benzene rings is 5. The van der Waals surface area contributed by atoms with Crippen LogP contribution in [0.3, 0.4) is 0 Å². The average Bonchev–Trinajstić information content (AvgIpc) is 3.72. The molecule has 2 aromatic heterocycles. The number of hydrogen-bond acceptors (Lipinski definition) is 2. The van der Waals surface area contributed by atoms with Gasteiger partial charge in [-0.15, -0.1) is 0 Å². The SMILES string of the molecule is O=C1C(c2c(-c3ccccc3)[nH]c3c2c(-c2ccccc2)nn3-c2ccccc2)c2ccccc2N1Cc1ccccc1. The van der Waals surface area contributed by atoms with Crippen molar-refractivity contribution in [3.05, 3.63) is 162 Å². The first-order chi connectivity index (χ1) is 21.3. The van der Waals surface area contributed by atoms with Crippen molar-refractivity contribution >= 4 is 22.6 Å². The molecule has 1 unspecified atom stereocenters. The highest BCUT2D eigenvalue weighted by atomic mass is 16.2. The van der Waals surface area contributed by atoms with Gasteiger partial charge in [-0.05, 0) is 34.9 Å². The second-order valence-electron chi connectivity index (χ2n) is 10.9. The van der Waals surface area contributed by atoms with Crippen LogP contribution in [0.15, 0.2) is 146 Å². The number of H-pyrrole nitrogens is 1. The van der Waals surface area contributed by atoms with E-state index in [1.54, 1.807) is 0 Å². The third-order valence-corrected chi connectivity index (χ3v) is 8.30. The van der Waals surface area contributed by atoms with E-state index in [0.29, 0.717) is 6.54 Å². The first kappa shape index (κ1) is 25.1. The smallest absolute Gasteiger partial charge is 0.239 e. The Balaban J connectivity index is 1.43. The number of nitrogens with zero attached hydrogens (tertiary/aromatic N) is 3. The summed E-state index contributed by atoms with van der Waals surface area (Å²) in [5.41, 5.74) is 9.63. The number of para-hydroxylation sites is 2. The Morgan fingerprint density at radius 3 is 1.93 bits per heavy atom. The highest BCUT2D eigenvalue weighted by Gasteiger charge is 2.42. The molecule has 1 aliphatic rings. The fraction of sp³-hybridized carbons (Fsp3) is 0.0526. The fourth-order valence-corrected chi connectivity index (χ4v) is 6.37. The summed E-state index contributed by atoms with van der Waals surface area (Å²) in [4.78, 5) is 20.4. The van der Waals surface area contributed by atoms with Crippen LogP contribution in [-0.2, 0) is 11.3 Å². The molecular weight excluding hydrogens is 528 g/mol. The molecule has 5 heteroatoms. The Kier molecular flexibility index (Phi) is 6.00. The largest absolute Gasteiger partial charge is 0.339 e. The van der Waals surface area contributed by atoms with Crippen LogP contribution < -0.4 is 4.90 Å². The van der Waals surface area contributed by atoms with Gasteiger partial charge in [0.1, 0.15) is 11.3 Å². The van der Waals surface area contributed by atoms with Crippen molar-refractivity contribution in [2.45, 2.75) is 12.5 Å². The summed E-state index contributed by atoms with van der Waals surface area (Å²) < 4.78 is 1.97. The minimum Gasteiger partial charge on any atom is -0.339 e. The highest BCUT2D eigenvalue weighted by Crippen LogP contribution is 2.49. The number of rotatable bonds is 6. The van der Waals surface area contributed by atoms with Crippen molar-refractivity contribution in [2.24, 2.45) is 0 Å². The molecule has 43 heavy (non-hydrogen) atoms. The van der Waals surface area contributed by atoms with Crippen LogP contribution in [0.1, 0.15) is 22.6 Å². The Labute approximate surface area is 249 Å². The molecular formula is C38H28N4O. The van der Waals surface area contributed by atoms with Gasteiger partial charge in [0.25, 0.3) is 0 Å². The van der Waals surface area contributed by atoms with E-state index in [0.717, 1.165) is 61.6 Å². The van der Waals surface area contributed by atoms with Gasteiger partial charge in [-0.3, -0.25) is 4.79 Å². The molecule has 206 valence electrons. The lowest BCUT2D eigenvalue weighted by Gasteiger charge is -2.19. The van der Waals surface area contributed by atoms with Crippen molar-refractivity contribution in [1.82, 2.24) is 14.8 Å². The third-order valence-electron chi connectivity index (χ3n) is 8.30. The molecule has 8 rings (SSSR count). The lowest BCUT2D eigenvalue weighted by Crippen LogP contribution is -2.28. The summed E-state index contributed by atoms with van der Waals surface area (Å²) in [6, 6.07) is 49.1. The Hall–Kier alpha value is -5.68. The molecule has 5 aromatic carbocycles. The molecule has 1 amide bonds. The maximum Gasteiger partial charge on any atom is 0.239 e. The van der Waals surface area contributed by atoms with Crippen LogP contribution in [-0.4, -0.2) is 20.7 Å². The lowest BCUT2D eigenvalue weighted by molar-refractivity contribution is -0.118. The summed E-state index contributed by atoms with van der Waals surface area (Å²) in [7, 11) is 0. The quantitative estimate of drug-likeness (QED) is 0.224. The van der Waals surface area contributed by atoms with Crippen molar-refractivity contribution in [1.29, 1.82) is 0 Å². The van der Waals surface area contributed by atoms with Gasteiger partial charge < -0.3 is 9.88 Å². The molecule has 1 atom stereocenters. The maximum absolute atomic E-state index is 14.7. The topological polar surface area (TPSA) is 53.9 Å². The Morgan fingerprint density at radius 1 is 0.651 bits per heavy atom. The molecule has 5 nitrogen and oxygen atoms in total. The van der Waals surface area contributed by atoms with Gasteiger partial charge in [0.15, 0.2) is 0 Å². The maximum atomic E-state index is 14.7. The Bertz CT molecular complexity index is 2060. The van der Waals surface area contributed by atoms with E-state index in [1.807, 2.05) is 94.5 Å².